The molecule has 112 valence electrons. The number of hydrogen-bond acceptors (Lipinski definition) is 1. The molecule has 0 aliphatic carbocycles. The summed E-state index contributed by atoms with van der Waals surface area (Å²) in [6.07, 6.45) is -3.07. The lowest BCUT2D eigenvalue weighted by molar-refractivity contribution is -0.137. The van der Waals surface area contributed by atoms with Crippen LogP contribution in [0.2, 0.25) is 0 Å². The van der Waals surface area contributed by atoms with Crippen LogP contribution >= 0.6 is 15.9 Å². The van der Waals surface area contributed by atoms with Crippen molar-refractivity contribution in [3.63, 3.8) is 0 Å². The molecule has 0 amide bonds. The van der Waals surface area contributed by atoms with E-state index in [1.165, 1.54) is 12.1 Å². The average Bonchev–Trinajstić information content (AvgIpc) is 2.38. The van der Waals surface area contributed by atoms with Gasteiger partial charge in [-0.3, -0.25) is 0 Å². The maximum absolute atomic E-state index is 12.5. The van der Waals surface area contributed by atoms with Crippen molar-refractivity contribution in [1.29, 1.82) is 0 Å². The van der Waals surface area contributed by atoms with Crippen molar-refractivity contribution in [3.05, 3.63) is 69.7 Å². The van der Waals surface area contributed by atoms with Gasteiger partial charge in [0.2, 0.25) is 0 Å². The zero-order chi connectivity index (χ0) is 15.5. The Morgan fingerprint density at radius 3 is 2.14 bits per heavy atom. The summed E-state index contributed by atoms with van der Waals surface area (Å²) in [6, 6.07) is 12.9. The van der Waals surface area contributed by atoms with E-state index in [9.17, 15) is 13.2 Å². The van der Waals surface area contributed by atoms with Crippen LogP contribution in [0.15, 0.2) is 53.0 Å². The second-order valence-corrected chi connectivity index (χ2v) is 5.91. The van der Waals surface area contributed by atoms with Crippen LogP contribution in [0.5, 0.6) is 0 Å². The molecule has 0 heterocycles. The first-order valence-electron chi connectivity index (χ1n) is 6.51. The van der Waals surface area contributed by atoms with Crippen molar-refractivity contribution < 1.29 is 13.2 Å². The lowest BCUT2D eigenvalue weighted by Gasteiger charge is -2.13. The summed E-state index contributed by atoms with van der Waals surface area (Å²) in [5.74, 6) is 0. The molecule has 0 spiro atoms. The average molecular weight is 358 g/mol. The summed E-state index contributed by atoms with van der Waals surface area (Å²) < 4.78 is 38.4. The third kappa shape index (κ3) is 4.86. The van der Waals surface area contributed by atoms with Crippen molar-refractivity contribution >= 4 is 15.9 Å². The Morgan fingerprint density at radius 2 is 1.57 bits per heavy atom. The monoisotopic (exact) mass is 357 g/mol. The Kier molecular flexibility index (Phi) is 5.06. The summed E-state index contributed by atoms with van der Waals surface area (Å²) >= 11 is 3.40. The van der Waals surface area contributed by atoms with Crippen molar-refractivity contribution in [2.75, 3.05) is 0 Å². The van der Waals surface area contributed by atoms with Crippen LogP contribution in [-0.2, 0) is 19.0 Å². The standard InChI is InChI=1S/C16H15BrF3N/c17-14-3-1-2-12(8-14)10-15(21)9-11-4-6-13(7-5-11)16(18,19)20/h1-8,15H,9-10,21H2. The lowest BCUT2D eigenvalue weighted by Crippen LogP contribution is -2.25. The highest BCUT2D eigenvalue weighted by Gasteiger charge is 2.29. The van der Waals surface area contributed by atoms with E-state index in [0.717, 1.165) is 27.7 Å². The smallest absolute Gasteiger partial charge is 0.327 e. The fourth-order valence-corrected chi connectivity index (χ4v) is 2.62. The molecule has 0 bridgehead atoms. The molecule has 1 nitrogen and oxygen atoms in total. The summed E-state index contributed by atoms with van der Waals surface area (Å²) in [5, 5.41) is 0. The topological polar surface area (TPSA) is 26.0 Å². The summed E-state index contributed by atoms with van der Waals surface area (Å²) in [6.45, 7) is 0. The third-order valence-electron chi connectivity index (χ3n) is 3.17. The van der Waals surface area contributed by atoms with Crippen LogP contribution in [0.1, 0.15) is 16.7 Å². The van der Waals surface area contributed by atoms with Gasteiger partial charge < -0.3 is 5.73 Å². The Morgan fingerprint density at radius 1 is 0.952 bits per heavy atom. The van der Waals surface area contributed by atoms with Gasteiger partial charge in [-0.2, -0.15) is 13.2 Å². The molecule has 0 radical (unpaired) electrons. The molecule has 0 saturated carbocycles. The van der Waals surface area contributed by atoms with Crippen LogP contribution in [0.3, 0.4) is 0 Å². The number of nitrogens with two attached hydrogens (primary N) is 1. The van der Waals surface area contributed by atoms with Gasteiger partial charge in [0.15, 0.2) is 0 Å². The minimum atomic E-state index is -4.29. The molecule has 1 atom stereocenters. The number of benzene rings is 2. The first-order chi connectivity index (χ1) is 9.84. The van der Waals surface area contributed by atoms with Gasteiger partial charge in [0.05, 0.1) is 5.56 Å². The van der Waals surface area contributed by atoms with Crippen LogP contribution in [-0.4, -0.2) is 6.04 Å². The Hall–Kier alpha value is -1.33. The third-order valence-corrected chi connectivity index (χ3v) is 3.66. The summed E-state index contributed by atoms with van der Waals surface area (Å²) in [4.78, 5) is 0. The van der Waals surface area contributed by atoms with E-state index in [4.69, 9.17) is 5.73 Å². The van der Waals surface area contributed by atoms with E-state index in [2.05, 4.69) is 15.9 Å². The van der Waals surface area contributed by atoms with Gasteiger partial charge in [0.1, 0.15) is 0 Å². The predicted molar refractivity (Wildman–Crippen MR) is 81.0 cm³/mol. The molecule has 1 unspecified atom stereocenters. The molecular formula is C16H15BrF3N. The molecule has 21 heavy (non-hydrogen) atoms. The molecule has 2 aromatic carbocycles. The van der Waals surface area contributed by atoms with Crippen molar-refractivity contribution in [2.24, 2.45) is 5.73 Å². The second kappa shape index (κ2) is 6.62. The summed E-state index contributed by atoms with van der Waals surface area (Å²) in [5.41, 5.74) is 7.35. The molecule has 0 aliphatic heterocycles. The van der Waals surface area contributed by atoms with E-state index >= 15 is 0 Å². The van der Waals surface area contributed by atoms with Gasteiger partial charge >= 0.3 is 6.18 Å². The highest BCUT2D eigenvalue weighted by atomic mass is 79.9. The minimum Gasteiger partial charge on any atom is -0.327 e. The van der Waals surface area contributed by atoms with Gasteiger partial charge in [0, 0.05) is 10.5 Å². The van der Waals surface area contributed by atoms with Crippen LogP contribution < -0.4 is 5.73 Å². The molecule has 0 fully saturated rings. The van der Waals surface area contributed by atoms with E-state index < -0.39 is 11.7 Å². The Bertz CT molecular complexity index is 593. The molecule has 0 aromatic heterocycles. The number of alkyl halides is 3. The van der Waals surface area contributed by atoms with E-state index in [1.807, 2.05) is 24.3 Å². The van der Waals surface area contributed by atoms with Crippen molar-refractivity contribution in [3.8, 4) is 0 Å². The fraction of sp³-hybridized carbons (Fsp3) is 0.250. The van der Waals surface area contributed by atoms with Crippen molar-refractivity contribution in [1.82, 2.24) is 0 Å². The van der Waals surface area contributed by atoms with Gasteiger partial charge in [-0.05, 0) is 48.2 Å². The minimum absolute atomic E-state index is 0.129. The normalized spacial score (nSPS) is 13.2. The largest absolute Gasteiger partial charge is 0.416 e. The zero-order valence-electron chi connectivity index (χ0n) is 11.2. The molecule has 0 saturated heterocycles. The van der Waals surface area contributed by atoms with Gasteiger partial charge in [-0.1, -0.05) is 40.2 Å². The second-order valence-electron chi connectivity index (χ2n) is 4.99. The maximum Gasteiger partial charge on any atom is 0.416 e. The highest BCUT2D eigenvalue weighted by molar-refractivity contribution is 9.10. The van der Waals surface area contributed by atoms with Crippen LogP contribution in [0.4, 0.5) is 13.2 Å². The number of rotatable bonds is 4. The fourth-order valence-electron chi connectivity index (χ4n) is 2.17. The highest BCUT2D eigenvalue weighted by Crippen LogP contribution is 2.29. The maximum atomic E-state index is 12.5. The molecular weight excluding hydrogens is 343 g/mol. The van der Waals surface area contributed by atoms with Gasteiger partial charge in [-0.25, -0.2) is 0 Å². The predicted octanol–water partition coefficient (Wildman–Crippen LogP) is 4.58. The van der Waals surface area contributed by atoms with Crippen LogP contribution in [0, 0.1) is 0 Å². The summed E-state index contributed by atoms with van der Waals surface area (Å²) in [7, 11) is 0. The molecule has 0 aliphatic rings. The van der Waals surface area contributed by atoms with E-state index in [0.29, 0.717) is 12.8 Å². The Balaban J connectivity index is 1.98. The lowest BCUT2D eigenvalue weighted by atomic mass is 9.99. The first kappa shape index (κ1) is 16.0. The molecule has 2 aromatic rings. The van der Waals surface area contributed by atoms with Gasteiger partial charge in [-0.15, -0.1) is 0 Å². The number of halogens is 4. The zero-order valence-corrected chi connectivity index (χ0v) is 12.8. The number of hydrogen-bond donors (Lipinski definition) is 1. The molecule has 5 heteroatoms. The van der Waals surface area contributed by atoms with Crippen molar-refractivity contribution in [2.45, 2.75) is 25.1 Å². The Labute approximate surface area is 130 Å². The molecule has 2 rings (SSSR count). The van der Waals surface area contributed by atoms with E-state index in [-0.39, 0.29) is 6.04 Å². The first-order valence-corrected chi connectivity index (χ1v) is 7.30. The van der Waals surface area contributed by atoms with Gasteiger partial charge in [0.25, 0.3) is 0 Å². The molecule has 2 N–H and O–H groups in total. The van der Waals surface area contributed by atoms with Crippen LogP contribution in [0.25, 0.3) is 0 Å². The quantitative estimate of drug-likeness (QED) is 0.851. The van der Waals surface area contributed by atoms with E-state index in [1.54, 1.807) is 0 Å². The SMILES string of the molecule is NC(Cc1ccc(C(F)(F)F)cc1)Cc1cccc(Br)c1.